The highest BCUT2D eigenvalue weighted by atomic mass is 19.3. The molecule has 13 heteroatoms. The Morgan fingerprint density at radius 2 is 1.86 bits per heavy atom. The molecule has 5 aromatic rings. The number of anilines is 1. The summed E-state index contributed by atoms with van der Waals surface area (Å²) in [7, 11) is 0. The average Bonchev–Trinajstić information content (AvgIpc) is 3.58. The van der Waals surface area contributed by atoms with Crippen LogP contribution >= 0.6 is 0 Å². The van der Waals surface area contributed by atoms with Crippen LogP contribution in [0, 0.1) is 5.82 Å². The van der Waals surface area contributed by atoms with E-state index in [0.717, 1.165) is 10.2 Å². The number of aromatic nitrogens is 4. The summed E-state index contributed by atoms with van der Waals surface area (Å²) in [6, 6.07) is 17.5. The van der Waals surface area contributed by atoms with E-state index in [2.05, 4.69) is 24.5 Å². The SMILES string of the molecule is CCN(C(=O)Cn1nc(-c2ccc(OCc3ccccc3)c(F)c2)c2nc[nH]c2c1=O)c1ccc2c(c1)OC(F)(F)O2. The molecule has 3 aromatic carbocycles. The molecule has 1 aliphatic rings. The number of ether oxygens (including phenoxy) is 3. The van der Waals surface area contributed by atoms with Gasteiger partial charge in [-0.05, 0) is 42.8 Å². The molecule has 1 aliphatic heterocycles. The zero-order valence-electron chi connectivity index (χ0n) is 22.0. The van der Waals surface area contributed by atoms with E-state index in [1.165, 1.54) is 41.6 Å². The number of carbonyl (C=O) groups excluding carboxylic acids is 1. The number of fused-ring (bicyclic) bond motifs is 2. The van der Waals surface area contributed by atoms with Crippen LogP contribution in [0.3, 0.4) is 0 Å². The fraction of sp³-hybridized carbons (Fsp3) is 0.172. The Morgan fingerprint density at radius 3 is 2.62 bits per heavy atom. The van der Waals surface area contributed by atoms with Crippen LogP contribution < -0.4 is 24.7 Å². The fourth-order valence-corrected chi connectivity index (χ4v) is 4.60. The molecule has 0 radical (unpaired) electrons. The van der Waals surface area contributed by atoms with Gasteiger partial charge in [0, 0.05) is 23.9 Å². The highest BCUT2D eigenvalue weighted by molar-refractivity contribution is 5.94. The number of benzene rings is 3. The normalized spacial score (nSPS) is 13.3. The van der Waals surface area contributed by atoms with E-state index in [4.69, 9.17) is 4.74 Å². The lowest BCUT2D eigenvalue weighted by atomic mass is 10.1. The number of alkyl halides is 2. The van der Waals surface area contributed by atoms with Gasteiger partial charge in [-0.3, -0.25) is 9.59 Å². The number of imidazole rings is 1. The van der Waals surface area contributed by atoms with E-state index in [0.29, 0.717) is 5.56 Å². The molecule has 0 atom stereocenters. The second-order valence-corrected chi connectivity index (χ2v) is 9.29. The molecule has 3 heterocycles. The average molecular weight is 578 g/mol. The van der Waals surface area contributed by atoms with E-state index in [9.17, 15) is 18.4 Å². The van der Waals surface area contributed by atoms with E-state index in [-0.39, 0.29) is 52.8 Å². The Hall–Kier alpha value is -5.33. The van der Waals surface area contributed by atoms with Crippen LogP contribution in [0.4, 0.5) is 18.9 Å². The van der Waals surface area contributed by atoms with Crippen molar-refractivity contribution in [2.24, 2.45) is 0 Å². The molecule has 214 valence electrons. The van der Waals surface area contributed by atoms with Gasteiger partial charge in [0.1, 0.15) is 29.9 Å². The number of halogens is 3. The maximum atomic E-state index is 15.1. The Kier molecular flexibility index (Phi) is 6.77. The van der Waals surface area contributed by atoms with Crippen molar-refractivity contribution in [3.05, 3.63) is 94.8 Å². The number of carbonyl (C=O) groups is 1. The zero-order valence-corrected chi connectivity index (χ0v) is 22.0. The molecule has 0 unspecified atom stereocenters. The van der Waals surface area contributed by atoms with Gasteiger partial charge in [-0.25, -0.2) is 14.1 Å². The monoisotopic (exact) mass is 577 g/mol. The van der Waals surface area contributed by atoms with Crippen molar-refractivity contribution in [1.82, 2.24) is 19.7 Å². The Labute approximate surface area is 235 Å². The van der Waals surface area contributed by atoms with E-state index < -0.39 is 30.1 Å². The minimum absolute atomic E-state index is 0.0319. The molecule has 0 saturated heterocycles. The first kappa shape index (κ1) is 26.9. The molecule has 0 fully saturated rings. The van der Waals surface area contributed by atoms with Gasteiger partial charge in [-0.15, -0.1) is 8.78 Å². The number of hydrogen-bond donors (Lipinski definition) is 1. The molecule has 1 amide bonds. The summed E-state index contributed by atoms with van der Waals surface area (Å²) in [4.78, 5) is 34.7. The summed E-state index contributed by atoms with van der Waals surface area (Å²) in [6.45, 7) is 1.51. The summed E-state index contributed by atoms with van der Waals surface area (Å²) in [6.07, 6.45) is -2.50. The highest BCUT2D eigenvalue weighted by Crippen LogP contribution is 2.43. The molecule has 0 aliphatic carbocycles. The summed E-state index contributed by atoms with van der Waals surface area (Å²) in [5.41, 5.74) is 1.26. The largest absolute Gasteiger partial charge is 0.586 e. The molecule has 2 aromatic heterocycles. The maximum Gasteiger partial charge on any atom is 0.586 e. The Bertz CT molecular complexity index is 1860. The first-order chi connectivity index (χ1) is 20.2. The second kappa shape index (κ2) is 10.6. The number of amides is 1. The topological polar surface area (TPSA) is 112 Å². The molecule has 0 spiro atoms. The minimum atomic E-state index is -3.80. The van der Waals surface area contributed by atoms with Crippen molar-refractivity contribution in [2.75, 3.05) is 11.4 Å². The zero-order chi connectivity index (χ0) is 29.4. The molecule has 42 heavy (non-hydrogen) atoms. The molecular formula is C29H22F3N5O5. The predicted octanol–water partition coefficient (Wildman–Crippen LogP) is 4.88. The number of H-pyrrole nitrogens is 1. The Morgan fingerprint density at radius 1 is 1.07 bits per heavy atom. The summed E-state index contributed by atoms with van der Waals surface area (Å²) >= 11 is 0. The molecule has 0 bridgehead atoms. The second-order valence-electron chi connectivity index (χ2n) is 9.29. The lowest BCUT2D eigenvalue weighted by Crippen LogP contribution is -2.37. The van der Waals surface area contributed by atoms with Crippen molar-refractivity contribution in [2.45, 2.75) is 26.4 Å². The predicted molar refractivity (Wildman–Crippen MR) is 145 cm³/mol. The van der Waals surface area contributed by atoms with Crippen molar-refractivity contribution in [3.8, 4) is 28.5 Å². The van der Waals surface area contributed by atoms with Gasteiger partial charge >= 0.3 is 6.29 Å². The third-order valence-electron chi connectivity index (χ3n) is 6.57. The summed E-state index contributed by atoms with van der Waals surface area (Å²) in [5.74, 6) is -1.56. The lowest BCUT2D eigenvalue weighted by molar-refractivity contribution is -0.286. The van der Waals surface area contributed by atoms with E-state index in [1.807, 2.05) is 30.3 Å². The number of aromatic amines is 1. The summed E-state index contributed by atoms with van der Waals surface area (Å²) in [5, 5.41) is 4.36. The van der Waals surface area contributed by atoms with Crippen molar-refractivity contribution < 1.29 is 32.2 Å². The van der Waals surface area contributed by atoms with Crippen LogP contribution in [0.25, 0.3) is 22.3 Å². The first-order valence-electron chi connectivity index (χ1n) is 12.8. The van der Waals surface area contributed by atoms with Gasteiger partial charge < -0.3 is 24.1 Å². The number of nitrogens with zero attached hydrogens (tertiary/aromatic N) is 4. The first-order valence-corrected chi connectivity index (χ1v) is 12.8. The molecule has 10 nitrogen and oxygen atoms in total. The van der Waals surface area contributed by atoms with Crippen LogP contribution in [0.15, 0.2) is 77.9 Å². The van der Waals surface area contributed by atoms with Crippen molar-refractivity contribution in [3.63, 3.8) is 0 Å². The van der Waals surface area contributed by atoms with Crippen molar-refractivity contribution >= 4 is 22.6 Å². The molecular weight excluding hydrogens is 555 g/mol. The maximum absolute atomic E-state index is 15.1. The quantitative estimate of drug-likeness (QED) is 0.280. The lowest BCUT2D eigenvalue weighted by Gasteiger charge is -2.21. The van der Waals surface area contributed by atoms with Gasteiger partial charge in [0.2, 0.25) is 5.91 Å². The number of hydrogen-bond acceptors (Lipinski definition) is 7. The van der Waals surface area contributed by atoms with Crippen LogP contribution in [-0.4, -0.2) is 38.5 Å². The van der Waals surface area contributed by atoms with E-state index >= 15 is 4.39 Å². The number of nitrogens with one attached hydrogen (secondary N) is 1. The molecule has 6 rings (SSSR count). The minimum Gasteiger partial charge on any atom is -0.486 e. The van der Waals surface area contributed by atoms with Crippen LogP contribution in [-0.2, 0) is 17.9 Å². The van der Waals surface area contributed by atoms with Gasteiger partial charge in [0.25, 0.3) is 5.56 Å². The highest BCUT2D eigenvalue weighted by Gasteiger charge is 2.43. The van der Waals surface area contributed by atoms with Gasteiger partial charge in [-0.1, -0.05) is 30.3 Å². The number of likely N-dealkylation sites (N-methyl/N-ethyl adjacent to an activating group) is 1. The third-order valence-corrected chi connectivity index (χ3v) is 6.57. The van der Waals surface area contributed by atoms with Crippen LogP contribution in [0.1, 0.15) is 12.5 Å². The van der Waals surface area contributed by atoms with Crippen LogP contribution in [0.2, 0.25) is 0 Å². The molecule has 1 N–H and O–H groups in total. The number of rotatable bonds is 8. The fourth-order valence-electron chi connectivity index (χ4n) is 4.60. The van der Waals surface area contributed by atoms with Crippen molar-refractivity contribution in [1.29, 1.82) is 0 Å². The standard InChI is InChI=1S/C29H22F3N5O5/c1-2-36(19-9-11-22-23(13-19)42-29(31,32)41-22)24(38)14-37-28(39)27-26(33-16-34-27)25(35-37)18-8-10-21(20(30)12-18)40-15-17-6-4-3-5-7-17/h3-13,16H,2,14-15H2,1H3,(H,33,34). The summed E-state index contributed by atoms with van der Waals surface area (Å²) < 4.78 is 57.5. The van der Waals surface area contributed by atoms with E-state index in [1.54, 1.807) is 13.0 Å². The third kappa shape index (κ3) is 5.11. The van der Waals surface area contributed by atoms with Gasteiger partial charge in [-0.2, -0.15) is 5.10 Å². The van der Waals surface area contributed by atoms with Gasteiger partial charge in [0.15, 0.2) is 23.1 Å². The van der Waals surface area contributed by atoms with Crippen LogP contribution in [0.5, 0.6) is 17.2 Å². The Balaban J connectivity index is 1.28. The van der Waals surface area contributed by atoms with Gasteiger partial charge in [0.05, 0.1) is 6.33 Å². The molecule has 0 saturated carbocycles. The smallest absolute Gasteiger partial charge is 0.486 e.